The van der Waals surface area contributed by atoms with Crippen molar-refractivity contribution in [3.8, 4) is 0 Å². The van der Waals surface area contributed by atoms with Gasteiger partial charge in [0.05, 0.1) is 18.1 Å². The molecule has 1 aromatic rings. The van der Waals surface area contributed by atoms with Gasteiger partial charge in [0.2, 0.25) is 10.0 Å². The van der Waals surface area contributed by atoms with Crippen molar-refractivity contribution in [2.75, 3.05) is 26.3 Å². The third kappa shape index (κ3) is 4.62. The Morgan fingerprint density at radius 3 is 2.21 bits per heavy atom. The first-order chi connectivity index (χ1) is 9.02. The molecule has 1 aliphatic heterocycles. The fourth-order valence-corrected chi connectivity index (χ4v) is 3.08. The van der Waals surface area contributed by atoms with Crippen LogP contribution in [0.1, 0.15) is 6.92 Å². The van der Waals surface area contributed by atoms with Crippen LogP contribution < -0.4 is 0 Å². The van der Waals surface area contributed by atoms with E-state index in [-0.39, 0.29) is 4.90 Å². The first kappa shape index (κ1) is 16.2. The van der Waals surface area contributed by atoms with Crippen molar-refractivity contribution in [1.29, 1.82) is 0 Å². The number of hydrogen-bond donors (Lipinski definition) is 0. The Morgan fingerprint density at radius 2 is 1.74 bits per heavy atom. The molecule has 0 unspecified atom stereocenters. The number of halogens is 1. The van der Waals surface area contributed by atoms with Crippen LogP contribution in [0.3, 0.4) is 0 Å². The summed E-state index contributed by atoms with van der Waals surface area (Å²) in [5, 5.41) is 0.529. The van der Waals surface area contributed by atoms with Crippen molar-refractivity contribution in [3.05, 3.63) is 41.9 Å². The molecular weight excluding hydrogens is 286 g/mol. The fourth-order valence-electron chi connectivity index (χ4n) is 1.54. The molecule has 1 fully saturated rings. The molecule has 0 bridgehead atoms. The lowest BCUT2D eigenvalue weighted by molar-refractivity contribution is 0.0730. The largest absolute Gasteiger partial charge is 0.379 e. The minimum atomic E-state index is -3.38. The zero-order valence-electron chi connectivity index (χ0n) is 10.9. The summed E-state index contributed by atoms with van der Waals surface area (Å²) in [4.78, 5) is 0.277. The number of nitrogens with zero attached hydrogens (tertiary/aromatic N) is 1. The smallest absolute Gasteiger partial charge is 0.243 e. The second-order valence-electron chi connectivity index (χ2n) is 3.88. The number of sulfonamides is 1. The van der Waals surface area contributed by atoms with Gasteiger partial charge in [0.15, 0.2) is 0 Å². The Morgan fingerprint density at radius 1 is 1.26 bits per heavy atom. The molecule has 0 aromatic heterocycles. The molecule has 0 N–H and O–H groups in total. The third-order valence-corrected chi connectivity index (χ3v) is 4.59. The Kier molecular flexibility index (Phi) is 6.51. The Bertz CT molecular complexity index is 493. The number of allylic oxidation sites excluding steroid dienone is 1. The van der Waals surface area contributed by atoms with Crippen molar-refractivity contribution in [1.82, 2.24) is 4.31 Å². The second kappa shape index (κ2) is 7.65. The number of rotatable bonds is 2. The highest BCUT2D eigenvalue weighted by atomic mass is 35.5. The Balaban J connectivity index is 0.000000550. The van der Waals surface area contributed by atoms with Crippen molar-refractivity contribution >= 4 is 21.6 Å². The zero-order valence-corrected chi connectivity index (χ0v) is 12.5. The summed E-state index contributed by atoms with van der Waals surface area (Å²) in [6.45, 7) is 6.97. The van der Waals surface area contributed by atoms with E-state index in [2.05, 4.69) is 6.58 Å². The van der Waals surface area contributed by atoms with Gasteiger partial charge in [0, 0.05) is 18.1 Å². The topological polar surface area (TPSA) is 46.6 Å². The van der Waals surface area contributed by atoms with E-state index in [4.69, 9.17) is 16.3 Å². The molecule has 0 amide bonds. The van der Waals surface area contributed by atoms with E-state index in [1.54, 1.807) is 18.2 Å². The molecule has 19 heavy (non-hydrogen) atoms. The van der Waals surface area contributed by atoms with E-state index in [0.717, 1.165) is 0 Å². The normalized spacial score (nSPS) is 16.3. The van der Waals surface area contributed by atoms with Crippen LogP contribution in [-0.2, 0) is 14.8 Å². The first-order valence-corrected chi connectivity index (χ1v) is 7.74. The zero-order chi connectivity index (χ0) is 14.3. The van der Waals surface area contributed by atoms with Crippen molar-refractivity contribution in [3.63, 3.8) is 0 Å². The summed E-state index contributed by atoms with van der Waals surface area (Å²) in [5.41, 5.74) is 0. The second-order valence-corrected chi connectivity index (χ2v) is 6.25. The van der Waals surface area contributed by atoms with E-state index in [0.29, 0.717) is 31.3 Å². The first-order valence-electron chi connectivity index (χ1n) is 5.93. The molecular formula is C13H18ClNO3S. The van der Waals surface area contributed by atoms with Crippen LogP contribution in [-0.4, -0.2) is 39.0 Å². The van der Waals surface area contributed by atoms with E-state index in [1.165, 1.54) is 16.4 Å². The summed E-state index contributed by atoms with van der Waals surface area (Å²) in [6, 6.07) is 6.20. The number of morpholine rings is 1. The SMILES string of the molecule is C=CC.O=S(=O)(c1ccc(Cl)cc1)N1CCOCC1. The van der Waals surface area contributed by atoms with Gasteiger partial charge in [-0.25, -0.2) is 8.42 Å². The molecule has 6 heteroatoms. The van der Waals surface area contributed by atoms with Gasteiger partial charge < -0.3 is 4.74 Å². The van der Waals surface area contributed by atoms with Crippen LogP contribution in [0.5, 0.6) is 0 Å². The molecule has 106 valence electrons. The van der Waals surface area contributed by atoms with Gasteiger partial charge in [0.1, 0.15) is 0 Å². The molecule has 1 saturated heterocycles. The van der Waals surface area contributed by atoms with Crippen molar-refractivity contribution in [2.45, 2.75) is 11.8 Å². The number of hydrogen-bond acceptors (Lipinski definition) is 3. The van der Waals surface area contributed by atoms with Crippen LogP contribution in [0.2, 0.25) is 5.02 Å². The fraction of sp³-hybridized carbons (Fsp3) is 0.385. The Hall–Kier alpha value is -0.880. The van der Waals surface area contributed by atoms with Gasteiger partial charge in [-0.1, -0.05) is 17.7 Å². The predicted octanol–water partition coefficient (Wildman–Crippen LogP) is 2.55. The lowest BCUT2D eigenvalue weighted by atomic mass is 10.4. The van der Waals surface area contributed by atoms with Gasteiger partial charge in [0.25, 0.3) is 0 Å². The molecule has 0 spiro atoms. The predicted molar refractivity (Wildman–Crippen MR) is 76.9 cm³/mol. The molecule has 0 saturated carbocycles. The van der Waals surface area contributed by atoms with Gasteiger partial charge >= 0.3 is 0 Å². The molecule has 1 aliphatic rings. The highest BCUT2D eigenvalue weighted by Gasteiger charge is 2.25. The maximum Gasteiger partial charge on any atom is 0.243 e. The molecule has 4 nitrogen and oxygen atoms in total. The van der Waals surface area contributed by atoms with Gasteiger partial charge in [-0.3, -0.25) is 0 Å². The van der Waals surface area contributed by atoms with Crippen molar-refractivity contribution < 1.29 is 13.2 Å². The Labute approximate surface area is 119 Å². The van der Waals surface area contributed by atoms with E-state index in [9.17, 15) is 8.42 Å². The van der Waals surface area contributed by atoms with Crippen LogP contribution >= 0.6 is 11.6 Å². The quantitative estimate of drug-likeness (QED) is 0.789. The van der Waals surface area contributed by atoms with E-state index >= 15 is 0 Å². The molecule has 0 radical (unpaired) electrons. The molecule has 0 aliphatic carbocycles. The lowest BCUT2D eigenvalue weighted by Crippen LogP contribution is -2.40. The monoisotopic (exact) mass is 303 g/mol. The average Bonchev–Trinajstić information content (AvgIpc) is 2.41. The maximum atomic E-state index is 12.1. The summed E-state index contributed by atoms with van der Waals surface area (Å²) in [7, 11) is -3.38. The summed E-state index contributed by atoms with van der Waals surface area (Å²) in [6.07, 6.45) is 1.75. The van der Waals surface area contributed by atoms with Gasteiger partial charge in [-0.2, -0.15) is 4.31 Å². The number of ether oxygens (including phenoxy) is 1. The lowest BCUT2D eigenvalue weighted by Gasteiger charge is -2.25. The summed E-state index contributed by atoms with van der Waals surface area (Å²) in [5.74, 6) is 0. The van der Waals surface area contributed by atoms with E-state index < -0.39 is 10.0 Å². The van der Waals surface area contributed by atoms with Crippen LogP contribution in [0.4, 0.5) is 0 Å². The third-order valence-electron chi connectivity index (χ3n) is 2.42. The van der Waals surface area contributed by atoms with Crippen LogP contribution in [0.15, 0.2) is 41.8 Å². The molecule has 1 heterocycles. The molecule has 1 aromatic carbocycles. The minimum absolute atomic E-state index is 0.277. The molecule has 2 rings (SSSR count). The maximum absolute atomic E-state index is 12.1. The highest BCUT2D eigenvalue weighted by Crippen LogP contribution is 2.19. The average molecular weight is 304 g/mol. The minimum Gasteiger partial charge on any atom is -0.379 e. The van der Waals surface area contributed by atoms with Crippen LogP contribution in [0.25, 0.3) is 0 Å². The summed E-state index contributed by atoms with van der Waals surface area (Å²) >= 11 is 5.72. The van der Waals surface area contributed by atoms with Gasteiger partial charge in [-0.15, -0.1) is 6.58 Å². The summed E-state index contributed by atoms with van der Waals surface area (Å²) < 4.78 is 30.8. The van der Waals surface area contributed by atoms with E-state index in [1.807, 2.05) is 6.92 Å². The van der Waals surface area contributed by atoms with Crippen molar-refractivity contribution in [2.24, 2.45) is 0 Å². The standard InChI is InChI=1S/C10H12ClNO3S.C3H6/c11-9-1-3-10(4-2-9)16(13,14)12-5-7-15-8-6-12;1-3-2/h1-4H,5-8H2;3H,1H2,2H3. The highest BCUT2D eigenvalue weighted by molar-refractivity contribution is 7.89. The van der Waals surface area contributed by atoms with Gasteiger partial charge in [-0.05, 0) is 31.2 Å². The number of benzene rings is 1. The van der Waals surface area contributed by atoms with Crippen LogP contribution in [0, 0.1) is 0 Å². The molecule has 0 atom stereocenters.